The minimum atomic E-state index is -1.07. The molecule has 19 heavy (non-hydrogen) atoms. The van der Waals surface area contributed by atoms with Crippen LogP contribution in [-0.2, 0) is 0 Å². The summed E-state index contributed by atoms with van der Waals surface area (Å²) in [6.45, 7) is 1.39. The number of hydrogen-bond donors (Lipinski definition) is 0. The molecule has 1 nitrogen and oxygen atoms in total. The molecule has 0 saturated heterocycles. The number of halogens is 4. The number of aryl methyl sites for hydroxylation is 1. The molecule has 0 radical (unpaired) electrons. The van der Waals surface area contributed by atoms with E-state index in [1.165, 1.54) is 25.1 Å². The van der Waals surface area contributed by atoms with Crippen LogP contribution in [0.4, 0.5) is 13.2 Å². The van der Waals surface area contributed by atoms with Crippen LogP contribution < -0.4 is 0 Å². The Bertz CT molecular complexity index is 668. The van der Waals surface area contributed by atoms with Gasteiger partial charge in [0.1, 0.15) is 11.6 Å². The van der Waals surface area contributed by atoms with E-state index in [2.05, 4.69) is 0 Å². The molecule has 5 heteroatoms. The molecule has 0 aliphatic rings. The Morgan fingerprint density at radius 1 is 1.05 bits per heavy atom. The average molecular weight is 285 g/mol. The molecule has 0 unspecified atom stereocenters. The highest BCUT2D eigenvalue weighted by atomic mass is 35.5. The lowest BCUT2D eigenvalue weighted by atomic mass is 10.00. The largest absolute Gasteiger partial charge is 0.288 e. The van der Waals surface area contributed by atoms with Gasteiger partial charge >= 0.3 is 0 Å². The zero-order chi connectivity index (χ0) is 14.2. The summed E-state index contributed by atoms with van der Waals surface area (Å²) < 4.78 is 41.1. The van der Waals surface area contributed by atoms with E-state index in [-0.39, 0.29) is 10.6 Å². The van der Waals surface area contributed by atoms with Gasteiger partial charge in [0.15, 0.2) is 5.82 Å². The van der Waals surface area contributed by atoms with Crippen molar-refractivity contribution in [2.45, 2.75) is 6.92 Å². The highest BCUT2D eigenvalue weighted by Gasteiger charge is 2.23. The fourth-order valence-corrected chi connectivity index (χ4v) is 1.85. The lowest BCUT2D eigenvalue weighted by Gasteiger charge is -2.08. The highest BCUT2D eigenvalue weighted by Crippen LogP contribution is 2.24. The second-order valence-corrected chi connectivity index (χ2v) is 4.39. The molecule has 0 amide bonds. The second-order valence-electron chi connectivity index (χ2n) is 3.98. The maximum Gasteiger partial charge on any atom is 0.201 e. The zero-order valence-corrected chi connectivity index (χ0v) is 10.6. The van der Waals surface area contributed by atoms with E-state index >= 15 is 0 Å². The number of carbonyl (C=O) groups excluding carboxylic acids is 1. The molecule has 0 aromatic heterocycles. The molecule has 0 saturated carbocycles. The summed E-state index contributed by atoms with van der Waals surface area (Å²) in [5.74, 6) is -4.09. The summed E-state index contributed by atoms with van der Waals surface area (Å²) in [5.41, 5.74) is -1.13. The number of benzene rings is 2. The maximum absolute atomic E-state index is 13.8. The van der Waals surface area contributed by atoms with Crippen LogP contribution in [0.25, 0.3) is 0 Å². The Balaban J connectivity index is 2.63. The first-order valence-corrected chi connectivity index (χ1v) is 5.74. The van der Waals surface area contributed by atoms with Crippen LogP contribution in [0.1, 0.15) is 21.5 Å². The molecule has 0 fully saturated rings. The van der Waals surface area contributed by atoms with Crippen LogP contribution in [-0.4, -0.2) is 5.78 Å². The van der Waals surface area contributed by atoms with Crippen LogP contribution in [0.5, 0.6) is 0 Å². The van der Waals surface area contributed by atoms with Crippen LogP contribution >= 0.6 is 11.6 Å². The first-order chi connectivity index (χ1) is 8.93. The van der Waals surface area contributed by atoms with Crippen molar-refractivity contribution in [3.8, 4) is 0 Å². The monoisotopic (exact) mass is 284 g/mol. The van der Waals surface area contributed by atoms with Gasteiger partial charge < -0.3 is 0 Å². The Morgan fingerprint density at radius 3 is 2.42 bits per heavy atom. The minimum absolute atomic E-state index is 0.104. The lowest BCUT2D eigenvalue weighted by molar-refractivity contribution is 0.102. The molecule has 98 valence electrons. The van der Waals surface area contributed by atoms with Crippen molar-refractivity contribution in [2.75, 3.05) is 0 Å². The third kappa shape index (κ3) is 2.36. The maximum atomic E-state index is 13.8. The SMILES string of the molecule is Cc1ccc(F)c(C(=O)c2cccc(Cl)c2F)c1F. The number of hydrogen-bond acceptors (Lipinski definition) is 1. The molecule has 2 aromatic carbocycles. The average Bonchev–Trinajstić information content (AvgIpc) is 2.37. The Morgan fingerprint density at radius 2 is 1.74 bits per heavy atom. The molecule has 0 bridgehead atoms. The topological polar surface area (TPSA) is 17.1 Å². The summed E-state index contributed by atoms with van der Waals surface area (Å²) in [6, 6.07) is 5.88. The van der Waals surface area contributed by atoms with Crippen molar-refractivity contribution in [3.05, 3.63) is 69.5 Å². The predicted molar refractivity (Wildman–Crippen MR) is 65.9 cm³/mol. The Hall–Kier alpha value is -1.81. The van der Waals surface area contributed by atoms with Gasteiger partial charge in [0.25, 0.3) is 0 Å². The molecule has 0 aliphatic carbocycles. The van der Waals surface area contributed by atoms with Crippen molar-refractivity contribution in [1.82, 2.24) is 0 Å². The van der Waals surface area contributed by atoms with E-state index in [1.54, 1.807) is 0 Å². The highest BCUT2D eigenvalue weighted by molar-refractivity contribution is 6.31. The molecule has 2 rings (SSSR count). The number of carbonyl (C=O) groups is 1. The van der Waals surface area contributed by atoms with E-state index in [0.29, 0.717) is 0 Å². The quantitative estimate of drug-likeness (QED) is 0.752. The second kappa shape index (κ2) is 5.05. The fourth-order valence-electron chi connectivity index (χ4n) is 1.68. The van der Waals surface area contributed by atoms with Gasteiger partial charge in [0.2, 0.25) is 5.78 Å². The van der Waals surface area contributed by atoms with Crippen LogP contribution in [0.3, 0.4) is 0 Å². The number of ketones is 1. The standard InChI is InChI=1S/C14H8ClF3O/c1-7-5-6-10(16)11(12(7)17)14(19)8-3-2-4-9(15)13(8)18/h2-6H,1H3. The van der Waals surface area contributed by atoms with Gasteiger partial charge in [-0.1, -0.05) is 23.7 Å². The predicted octanol–water partition coefficient (Wildman–Crippen LogP) is 4.30. The van der Waals surface area contributed by atoms with E-state index in [1.807, 2.05) is 0 Å². The van der Waals surface area contributed by atoms with Crippen molar-refractivity contribution >= 4 is 17.4 Å². The molecule has 0 N–H and O–H groups in total. The summed E-state index contributed by atoms with van der Waals surface area (Å²) >= 11 is 5.54. The summed E-state index contributed by atoms with van der Waals surface area (Å²) in [6.07, 6.45) is 0. The zero-order valence-electron chi connectivity index (χ0n) is 9.81. The van der Waals surface area contributed by atoms with Crippen molar-refractivity contribution in [2.24, 2.45) is 0 Å². The van der Waals surface area contributed by atoms with E-state index in [9.17, 15) is 18.0 Å². The normalized spacial score (nSPS) is 10.6. The van der Waals surface area contributed by atoms with Crippen LogP contribution in [0, 0.1) is 24.4 Å². The van der Waals surface area contributed by atoms with Crippen molar-refractivity contribution in [3.63, 3.8) is 0 Å². The third-order valence-corrected chi connectivity index (χ3v) is 3.00. The lowest BCUT2D eigenvalue weighted by Crippen LogP contribution is -2.10. The molecule has 2 aromatic rings. The molecular weight excluding hydrogens is 277 g/mol. The third-order valence-electron chi connectivity index (χ3n) is 2.71. The first-order valence-electron chi connectivity index (χ1n) is 5.36. The van der Waals surface area contributed by atoms with Gasteiger partial charge in [0.05, 0.1) is 16.1 Å². The van der Waals surface area contributed by atoms with E-state index in [0.717, 1.165) is 12.1 Å². The Kier molecular flexibility index (Phi) is 3.62. The van der Waals surface area contributed by atoms with E-state index in [4.69, 9.17) is 11.6 Å². The van der Waals surface area contributed by atoms with Crippen LogP contribution in [0.2, 0.25) is 5.02 Å². The number of rotatable bonds is 2. The fraction of sp³-hybridized carbons (Fsp3) is 0.0714. The molecule has 0 heterocycles. The van der Waals surface area contributed by atoms with Gasteiger partial charge in [-0.3, -0.25) is 4.79 Å². The Labute approximate surface area is 112 Å². The minimum Gasteiger partial charge on any atom is -0.288 e. The van der Waals surface area contributed by atoms with Gasteiger partial charge in [-0.25, -0.2) is 13.2 Å². The van der Waals surface area contributed by atoms with Gasteiger partial charge in [-0.15, -0.1) is 0 Å². The van der Waals surface area contributed by atoms with Gasteiger partial charge in [-0.2, -0.15) is 0 Å². The first kappa shape index (κ1) is 13.6. The van der Waals surface area contributed by atoms with Gasteiger partial charge in [-0.05, 0) is 30.7 Å². The van der Waals surface area contributed by atoms with Crippen molar-refractivity contribution in [1.29, 1.82) is 0 Å². The summed E-state index contributed by atoms with van der Waals surface area (Å²) in [5, 5.41) is -0.278. The van der Waals surface area contributed by atoms with Crippen LogP contribution in [0.15, 0.2) is 30.3 Å². The summed E-state index contributed by atoms with van der Waals surface area (Å²) in [7, 11) is 0. The molecule has 0 spiro atoms. The van der Waals surface area contributed by atoms with Crippen molar-refractivity contribution < 1.29 is 18.0 Å². The molecular formula is C14H8ClF3O. The van der Waals surface area contributed by atoms with E-state index < -0.39 is 34.4 Å². The summed E-state index contributed by atoms with van der Waals surface area (Å²) in [4.78, 5) is 12.0. The smallest absolute Gasteiger partial charge is 0.201 e. The molecule has 0 atom stereocenters. The molecule has 0 aliphatic heterocycles. The van der Waals surface area contributed by atoms with Gasteiger partial charge in [0, 0.05) is 0 Å².